The third-order valence-electron chi connectivity index (χ3n) is 5.54. The lowest BCUT2D eigenvalue weighted by atomic mass is 9.95. The molecule has 2 atom stereocenters. The number of carbonyl (C=O) groups is 3. The first-order valence-corrected chi connectivity index (χ1v) is 9.83. The van der Waals surface area contributed by atoms with Crippen molar-refractivity contribution in [2.24, 2.45) is 5.92 Å². The summed E-state index contributed by atoms with van der Waals surface area (Å²) in [6.45, 7) is 4.17. The third-order valence-corrected chi connectivity index (χ3v) is 5.54. The summed E-state index contributed by atoms with van der Waals surface area (Å²) < 4.78 is 0. The van der Waals surface area contributed by atoms with Crippen LogP contribution in [0.2, 0.25) is 0 Å². The van der Waals surface area contributed by atoms with Crippen LogP contribution >= 0.6 is 0 Å². The SMILES string of the molecule is CC(C)C(C(=O)N1CC=CC[C@H]1c1cccnc1)N1C(=O)c2ccccc2C1=O. The van der Waals surface area contributed by atoms with Gasteiger partial charge in [-0.3, -0.25) is 24.3 Å². The first kappa shape index (κ1) is 19.1. The van der Waals surface area contributed by atoms with Gasteiger partial charge in [0.25, 0.3) is 11.8 Å². The normalized spacial score (nSPS) is 19.6. The van der Waals surface area contributed by atoms with Gasteiger partial charge >= 0.3 is 0 Å². The van der Waals surface area contributed by atoms with Gasteiger partial charge in [-0.2, -0.15) is 0 Å². The number of benzene rings is 1. The molecule has 4 rings (SSSR count). The molecule has 0 radical (unpaired) electrons. The summed E-state index contributed by atoms with van der Waals surface area (Å²) in [4.78, 5) is 46.8. The lowest BCUT2D eigenvalue weighted by Crippen LogP contribution is -2.54. The Morgan fingerprint density at radius 3 is 2.31 bits per heavy atom. The zero-order valence-corrected chi connectivity index (χ0v) is 16.5. The fraction of sp³-hybridized carbons (Fsp3) is 0.304. The number of pyridine rings is 1. The van der Waals surface area contributed by atoms with E-state index < -0.39 is 17.9 Å². The number of imide groups is 1. The van der Waals surface area contributed by atoms with E-state index in [-0.39, 0.29) is 17.9 Å². The van der Waals surface area contributed by atoms with Crippen molar-refractivity contribution in [2.45, 2.75) is 32.4 Å². The summed E-state index contributed by atoms with van der Waals surface area (Å²) in [5.41, 5.74) is 1.66. The van der Waals surface area contributed by atoms with E-state index in [0.29, 0.717) is 24.1 Å². The van der Waals surface area contributed by atoms with Gasteiger partial charge in [0.1, 0.15) is 6.04 Å². The Kier molecular flexibility index (Phi) is 5.01. The van der Waals surface area contributed by atoms with Gasteiger partial charge in [0.2, 0.25) is 5.91 Å². The highest BCUT2D eigenvalue weighted by Gasteiger charge is 2.46. The molecule has 0 N–H and O–H groups in total. The zero-order valence-electron chi connectivity index (χ0n) is 16.5. The number of rotatable bonds is 4. The Morgan fingerprint density at radius 2 is 1.72 bits per heavy atom. The molecule has 1 unspecified atom stereocenters. The Bertz CT molecular complexity index is 949. The van der Waals surface area contributed by atoms with E-state index in [2.05, 4.69) is 4.98 Å². The monoisotopic (exact) mass is 389 g/mol. The highest BCUT2D eigenvalue weighted by Crippen LogP contribution is 2.32. The van der Waals surface area contributed by atoms with Crippen LogP contribution in [0.1, 0.15) is 52.6 Å². The Morgan fingerprint density at radius 1 is 1.03 bits per heavy atom. The van der Waals surface area contributed by atoms with Gasteiger partial charge in [-0.15, -0.1) is 0 Å². The molecule has 1 aromatic carbocycles. The molecule has 2 aromatic rings. The predicted octanol–water partition coefficient (Wildman–Crippen LogP) is 3.23. The number of nitrogens with zero attached hydrogens (tertiary/aromatic N) is 3. The van der Waals surface area contributed by atoms with Crippen molar-refractivity contribution in [3.63, 3.8) is 0 Å². The minimum Gasteiger partial charge on any atom is -0.330 e. The molecule has 0 fully saturated rings. The van der Waals surface area contributed by atoms with Gasteiger partial charge in [-0.05, 0) is 36.1 Å². The summed E-state index contributed by atoms with van der Waals surface area (Å²) in [6.07, 6.45) is 8.13. The standard InChI is InChI=1S/C23H23N3O3/c1-15(2)20(26-21(27)17-9-3-4-10-18(17)22(26)28)23(29)25-13-6-5-11-19(25)16-8-7-12-24-14-16/h3-10,12,14-15,19-20H,11,13H2,1-2H3/t19-,20?/m0/s1. The second-order valence-corrected chi connectivity index (χ2v) is 7.71. The van der Waals surface area contributed by atoms with Crippen molar-refractivity contribution in [1.82, 2.24) is 14.8 Å². The molecule has 6 heteroatoms. The van der Waals surface area contributed by atoms with Crippen LogP contribution in [0.15, 0.2) is 60.9 Å². The molecule has 6 nitrogen and oxygen atoms in total. The summed E-state index contributed by atoms with van der Waals surface area (Å²) in [7, 11) is 0. The quantitative estimate of drug-likeness (QED) is 0.595. The molecular weight excluding hydrogens is 366 g/mol. The van der Waals surface area contributed by atoms with E-state index in [4.69, 9.17) is 0 Å². The fourth-order valence-corrected chi connectivity index (χ4v) is 4.12. The lowest BCUT2D eigenvalue weighted by molar-refractivity contribution is -0.139. The topological polar surface area (TPSA) is 70.6 Å². The molecule has 3 heterocycles. The first-order valence-electron chi connectivity index (χ1n) is 9.83. The maximum Gasteiger partial charge on any atom is 0.262 e. The maximum absolute atomic E-state index is 13.7. The molecule has 0 saturated carbocycles. The minimum atomic E-state index is -0.854. The van der Waals surface area contributed by atoms with Crippen molar-refractivity contribution in [3.8, 4) is 0 Å². The number of hydrogen-bond acceptors (Lipinski definition) is 4. The highest BCUT2D eigenvalue weighted by molar-refractivity contribution is 6.22. The molecule has 0 saturated heterocycles. The summed E-state index contributed by atoms with van der Waals surface area (Å²) in [5.74, 6) is -1.23. The number of amides is 3. The van der Waals surface area contributed by atoms with Crippen LogP contribution in [0, 0.1) is 5.92 Å². The van der Waals surface area contributed by atoms with Gasteiger partial charge in [0, 0.05) is 18.9 Å². The van der Waals surface area contributed by atoms with Crippen molar-refractivity contribution < 1.29 is 14.4 Å². The molecule has 148 valence electrons. The van der Waals surface area contributed by atoms with Gasteiger partial charge in [0.05, 0.1) is 17.2 Å². The molecule has 3 amide bonds. The van der Waals surface area contributed by atoms with Crippen LogP contribution in [-0.2, 0) is 4.79 Å². The van der Waals surface area contributed by atoms with Gasteiger partial charge in [-0.1, -0.05) is 44.2 Å². The second-order valence-electron chi connectivity index (χ2n) is 7.71. The first-order chi connectivity index (χ1) is 14.0. The van der Waals surface area contributed by atoms with E-state index in [0.717, 1.165) is 10.5 Å². The largest absolute Gasteiger partial charge is 0.330 e. The van der Waals surface area contributed by atoms with Crippen LogP contribution in [0.25, 0.3) is 0 Å². The highest BCUT2D eigenvalue weighted by atomic mass is 16.2. The summed E-state index contributed by atoms with van der Waals surface area (Å²) in [6, 6.07) is 9.51. The van der Waals surface area contributed by atoms with E-state index in [1.54, 1.807) is 41.6 Å². The molecular formula is C23H23N3O3. The molecule has 0 aliphatic carbocycles. The Labute approximate surface area is 169 Å². The summed E-state index contributed by atoms with van der Waals surface area (Å²) in [5, 5.41) is 0. The van der Waals surface area contributed by atoms with Crippen LogP contribution in [0.3, 0.4) is 0 Å². The Balaban J connectivity index is 1.69. The Hall–Kier alpha value is -3.28. The lowest BCUT2D eigenvalue weighted by Gasteiger charge is -2.38. The second kappa shape index (κ2) is 7.62. The smallest absolute Gasteiger partial charge is 0.262 e. The van der Waals surface area contributed by atoms with Crippen LogP contribution < -0.4 is 0 Å². The van der Waals surface area contributed by atoms with Crippen molar-refractivity contribution >= 4 is 17.7 Å². The van der Waals surface area contributed by atoms with Crippen LogP contribution in [-0.4, -0.2) is 45.1 Å². The number of carbonyl (C=O) groups excluding carboxylic acids is 3. The average molecular weight is 389 g/mol. The van der Waals surface area contributed by atoms with Gasteiger partial charge in [0.15, 0.2) is 0 Å². The van der Waals surface area contributed by atoms with Crippen LogP contribution in [0.4, 0.5) is 0 Å². The van der Waals surface area contributed by atoms with Gasteiger partial charge < -0.3 is 4.90 Å². The van der Waals surface area contributed by atoms with Crippen LogP contribution in [0.5, 0.6) is 0 Å². The van der Waals surface area contributed by atoms with Crippen molar-refractivity contribution in [2.75, 3.05) is 6.54 Å². The van der Waals surface area contributed by atoms with E-state index in [1.807, 2.05) is 38.1 Å². The molecule has 0 spiro atoms. The predicted molar refractivity (Wildman–Crippen MR) is 108 cm³/mol. The van der Waals surface area contributed by atoms with Crippen molar-refractivity contribution in [1.29, 1.82) is 0 Å². The molecule has 0 bridgehead atoms. The molecule has 2 aliphatic heterocycles. The average Bonchev–Trinajstić information content (AvgIpc) is 3.00. The fourth-order valence-electron chi connectivity index (χ4n) is 4.12. The molecule has 1 aromatic heterocycles. The van der Waals surface area contributed by atoms with Gasteiger partial charge in [-0.25, -0.2) is 0 Å². The zero-order chi connectivity index (χ0) is 20.5. The maximum atomic E-state index is 13.7. The molecule has 2 aliphatic rings. The van der Waals surface area contributed by atoms with E-state index in [9.17, 15) is 14.4 Å². The third kappa shape index (κ3) is 3.24. The van der Waals surface area contributed by atoms with E-state index in [1.165, 1.54) is 0 Å². The van der Waals surface area contributed by atoms with Crippen molar-refractivity contribution in [3.05, 3.63) is 77.6 Å². The number of fused-ring (bicyclic) bond motifs is 1. The number of hydrogen-bond donors (Lipinski definition) is 0. The minimum absolute atomic E-state index is 0.169. The number of aromatic nitrogens is 1. The summed E-state index contributed by atoms with van der Waals surface area (Å²) >= 11 is 0. The molecule has 29 heavy (non-hydrogen) atoms. The van der Waals surface area contributed by atoms with E-state index >= 15 is 0 Å².